The SMILES string of the molecule is C#CC/C=C\C1=CCCC1C. The zero-order chi connectivity index (χ0) is 8.10. The predicted molar refractivity (Wildman–Crippen MR) is 49.1 cm³/mol. The molecule has 0 amide bonds. The molecule has 0 aromatic carbocycles. The van der Waals surface area contributed by atoms with Crippen molar-refractivity contribution in [3.63, 3.8) is 0 Å². The number of hydrogen-bond donors (Lipinski definition) is 0. The van der Waals surface area contributed by atoms with Crippen LogP contribution in [0.3, 0.4) is 0 Å². The Balaban J connectivity index is 2.43. The van der Waals surface area contributed by atoms with Gasteiger partial charge in [0.05, 0.1) is 0 Å². The van der Waals surface area contributed by atoms with Crippen LogP contribution in [0.15, 0.2) is 23.8 Å². The lowest BCUT2D eigenvalue weighted by molar-refractivity contribution is 0.681. The predicted octanol–water partition coefficient (Wildman–Crippen LogP) is 2.92. The Labute approximate surface area is 69.0 Å². The minimum absolute atomic E-state index is 0.740. The van der Waals surface area contributed by atoms with E-state index in [9.17, 15) is 0 Å². The van der Waals surface area contributed by atoms with Gasteiger partial charge in [0.2, 0.25) is 0 Å². The molecule has 0 spiro atoms. The van der Waals surface area contributed by atoms with Crippen molar-refractivity contribution in [3.8, 4) is 12.3 Å². The van der Waals surface area contributed by atoms with Gasteiger partial charge in [0, 0.05) is 6.42 Å². The molecule has 1 aliphatic carbocycles. The minimum Gasteiger partial charge on any atom is -0.120 e. The highest BCUT2D eigenvalue weighted by Crippen LogP contribution is 2.25. The van der Waals surface area contributed by atoms with Gasteiger partial charge in [-0.05, 0) is 24.3 Å². The van der Waals surface area contributed by atoms with Crippen molar-refractivity contribution in [1.82, 2.24) is 0 Å². The lowest BCUT2D eigenvalue weighted by Crippen LogP contribution is -1.88. The molecule has 0 aliphatic heterocycles. The average molecular weight is 146 g/mol. The third-order valence-corrected chi connectivity index (χ3v) is 2.09. The zero-order valence-electron chi connectivity index (χ0n) is 7.01. The third-order valence-electron chi connectivity index (χ3n) is 2.09. The molecule has 0 fully saturated rings. The molecule has 0 radical (unpaired) electrons. The maximum Gasteiger partial charge on any atom is 0.0270 e. The lowest BCUT2D eigenvalue weighted by Gasteiger charge is -2.01. The van der Waals surface area contributed by atoms with E-state index in [-0.39, 0.29) is 0 Å². The van der Waals surface area contributed by atoms with Gasteiger partial charge in [-0.25, -0.2) is 0 Å². The molecular formula is C11H14. The monoisotopic (exact) mass is 146 g/mol. The molecule has 1 atom stereocenters. The summed E-state index contributed by atoms with van der Waals surface area (Å²) in [7, 11) is 0. The molecule has 0 nitrogen and oxygen atoms in total. The van der Waals surface area contributed by atoms with Crippen molar-refractivity contribution < 1.29 is 0 Å². The van der Waals surface area contributed by atoms with E-state index in [1.54, 1.807) is 0 Å². The van der Waals surface area contributed by atoms with Gasteiger partial charge in [0.15, 0.2) is 0 Å². The van der Waals surface area contributed by atoms with Crippen molar-refractivity contribution in [3.05, 3.63) is 23.8 Å². The first-order chi connectivity index (χ1) is 5.34. The van der Waals surface area contributed by atoms with Crippen LogP contribution in [-0.2, 0) is 0 Å². The van der Waals surface area contributed by atoms with Crippen molar-refractivity contribution in [2.45, 2.75) is 26.2 Å². The van der Waals surface area contributed by atoms with Gasteiger partial charge in [-0.2, -0.15) is 0 Å². The fourth-order valence-corrected chi connectivity index (χ4v) is 1.36. The van der Waals surface area contributed by atoms with Gasteiger partial charge >= 0.3 is 0 Å². The fourth-order valence-electron chi connectivity index (χ4n) is 1.36. The molecule has 1 aliphatic rings. The zero-order valence-corrected chi connectivity index (χ0v) is 7.01. The van der Waals surface area contributed by atoms with E-state index in [1.807, 2.05) is 0 Å². The van der Waals surface area contributed by atoms with Gasteiger partial charge in [0.25, 0.3) is 0 Å². The van der Waals surface area contributed by atoms with Gasteiger partial charge in [-0.3, -0.25) is 0 Å². The Morgan fingerprint density at radius 3 is 3.18 bits per heavy atom. The largest absolute Gasteiger partial charge is 0.120 e. The maximum absolute atomic E-state index is 5.13. The molecule has 0 aromatic heterocycles. The second-order valence-corrected chi connectivity index (χ2v) is 2.99. The first-order valence-corrected chi connectivity index (χ1v) is 4.14. The second kappa shape index (κ2) is 4.03. The van der Waals surface area contributed by atoms with Crippen LogP contribution >= 0.6 is 0 Å². The highest BCUT2D eigenvalue weighted by Gasteiger charge is 2.10. The molecule has 0 saturated heterocycles. The summed E-state index contributed by atoms with van der Waals surface area (Å²) >= 11 is 0. The molecule has 0 heterocycles. The summed E-state index contributed by atoms with van der Waals surface area (Å²) in [4.78, 5) is 0. The molecule has 0 aromatic rings. The topological polar surface area (TPSA) is 0 Å². The average Bonchev–Trinajstić information content (AvgIpc) is 2.37. The summed E-state index contributed by atoms with van der Waals surface area (Å²) in [6.45, 7) is 2.26. The van der Waals surface area contributed by atoms with Crippen LogP contribution in [0.5, 0.6) is 0 Å². The van der Waals surface area contributed by atoms with Crippen LogP contribution in [0.2, 0.25) is 0 Å². The van der Waals surface area contributed by atoms with Crippen LogP contribution < -0.4 is 0 Å². The van der Waals surface area contributed by atoms with E-state index >= 15 is 0 Å². The number of rotatable bonds is 2. The third kappa shape index (κ3) is 2.27. The van der Waals surface area contributed by atoms with Crippen molar-refractivity contribution in [1.29, 1.82) is 0 Å². The normalized spacial score (nSPS) is 23.6. The highest BCUT2D eigenvalue weighted by atomic mass is 14.2. The number of hydrogen-bond acceptors (Lipinski definition) is 0. The van der Waals surface area contributed by atoms with Crippen LogP contribution in [0, 0.1) is 18.3 Å². The number of allylic oxidation sites excluding steroid dienone is 4. The second-order valence-electron chi connectivity index (χ2n) is 2.99. The van der Waals surface area contributed by atoms with Gasteiger partial charge in [0.1, 0.15) is 0 Å². The van der Waals surface area contributed by atoms with Crippen molar-refractivity contribution >= 4 is 0 Å². The molecule has 0 heteroatoms. The fraction of sp³-hybridized carbons (Fsp3) is 0.455. The van der Waals surface area contributed by atoms with Gasteiger partial charge in [-0.1, -0.05) is 25.2 Å². The Kier molecular flexibility index (Phi) is 2.98. The Bertz CT molecular complexity index is 213. The van der Waals surface area contributed by atoms with E-state index in [0.29, 0.717) is 0 Å². The standard InChI is InChI=1S/C11H14/c1-3-4-5-8-11-9-6-7-10(11)2/h1,5,8-10H,4,6-7H2,2H3/b8-5-. The van der Waals surface area contributed by atoms with Crippen molar-refractivity contribution in [2.24, 2.45) is 5.92 Å². The van der Waals surface area contributed by atoms with E-state index in [4.69, 9.17) is 6.42 Å². The minimum atomic E-state index is 0.740. The molecular weight excluding hydrogens is 132 g/mol. The van der Waals surface area contributed by atoms with E-state index < -0.39 is 0 Å². The lowest BCUT2D eigenvalue weighted by atomic mass is 10.0. The van der Waals surface area contributed by atoms with Gasteiger partial charge in [-0.15, -0.1) is 12.3 Å². The molecule has 0 N–H and O–H groups in total. The van der Waals surface area contributed by atoms with Crippen LogP contribution in [0.4, 0.5) is 0 Å². The van der Waals surface area contributed by atoms with Crippen molar-refractivity contribution in [2.75, 3.05) is 0 Å². The first-order valence-electron chi connectivity index (χ1n) is 4.14. The summed E-state index contributed by atoms with van der Waals surface area (Å²) in [6, 6.07) is 0. The molecule has 58 valence electrons. The summed E-state index contributed by atoms with van der Waals surface area (Å²) in [5, 5.41) is 0. The Morgan fingerprint density at radius 1 is 1.82 bits per heavy atom. The quantitative estimate of drug-likeness (QED) is 0.525. The Morgan fingerprint density at radius 2 is 2.64 bits per heavy atom. The summed E-state index contributed by atoms with van der Waals surface area (Å²) in [5.74, 6) is 3.33. The highest BCUT2D eigenvalue weighted by molar-refractivity contribution is 5.25. The summed E-state index contributed by atoms with van der Waals surface area (Å²) < 4.78 is 0. The van der Waals surface area contributed by atoms with E-state index in [2.05, 4.69) is 31.1 Å². The van der Waals surface area contributed by atoms with Crippen LogP contribution in [-0.4, -0.2) is 0 Å². The molecule has 1 rings (SSSR count). The molecule has 0 bridgehead atoms. The molecule has 0 saturated carbocycles. The van der Waals surface area contributed by atoms with Crippen LogP contribution in [0.25, 0.3) is 0 Å². The van der Waals surface area contributed by atoms with Crippen LogP contribution in [0.1, 0.15) is 26.2 Å². The smallest absolute Gasteiger partial charge is 0.0270 e. The molecule has 11 heavy (non-hydrogen) atoms. The molecule has 1 unspecified atom stereocenters. The first kappa shape index (κ1) is 8.14. The van der Waals surface area contributed by atoms with Gasteiger partial charge < -0.3 is 0 Å². The summed E-state index contributed by atoms with van der Waals surface area (Å²) in [5.41, 5.74) is 1.46. The maximum atomic E-state index is 5.13. The Hall–Kier alpha value is -0.960. The summed E-state index contributed by atoms with van der Waals surface area (Å²) in [6.07, 6.45) is 14.9. The van der Waals surface area contributed by atoms with E-state index in [0.717, 1.165) is 12.3 Å². The van der Waals surface area contributed by atoms with E-state index in [1.165, 1.54) is 18.4 Å². The number of terminal acetylenes is 1.